The Morgan fingerprint density at radius 1 is 1.19 bits per heavy atom. The molecular formula is C17H17F4N5O. The third kappa shape index (κ3) is 3.85. The third-order valence-electron chi connectivity index (χ3n) is 4.02. The highest BCUT2D eigenvalue weighted by molar-refractivity contribution is 5.47. The van der Waals surface area contributed by atoms with Crippen molar-refractivity contribution in [3.63, 3.8) is 0 Å². The summed E-state index contributed by atoms with van der Waals surface area (Å²) in [6.45, 7) is 4.57. The first-order chi connectivity index (χ1) is 12.5. The van der Waals surface area contributed by atoms with E-state index in [9.17, 15) is 22.7 Å². The molecule has 0 spiro atoms. The molecule has 3 aromatic rings. The summed E-state index contributed by atoms with van der Waals surface area (Å²) in [5.74, 6) is -0.425. The second-order valence-electron chi connectivity index (χ2n) is 6.72. The molecule has 2 aromatic heterocycles. The molecule has 0 aliphatic carbocycles. The lowest BCUT2D eigenvalue weighted by molar-refractivity contribution is -0.137. The number of nitrogens with zero attached hydrogens (tertiary/aromatic N) is 4. The fraction of sp³-hybridized carbons (Fsp3) is 0.353. The highest BCUT2D eigenvalue weighted by Gasteiger charge is 2.35. The summed E-state index contributed by atoms with van der Waals surface area (Å²) in [6.07, 6.45) is -3.38. The number of halogens is 4. The molecule has 1 unspecified atom stereocenters. The number of aliphatic hydroxyl groups is 1. The molecule has 6 nitrogen and oxygen atoms in total. The van der Waals surface area contributed by atoms with Gasteiger partial charge in [0.1, 0.15) is 18.0 Å². The van der Waals surface area contributed by atoms with Crippen molar-refractivity contribution in [1.82, 2.24) is 19.6 Å². The zero-order valence-corrected chi connectivity index (χ0v) is 14.7. The zero-order valence-electron chi connectivity index (χ0n) is 14.7. The molecule has 2 N–H and O–H groups in total. The number of rotatable bonds is 4. The SMILES string of the molecule is Cc1cc(NC(c2ccc(C(F)(F)F)cc2F)C(C)(C)O)n2ncnc2n1. The maximum atomic E-state index is 14.5. The van der Waals surface area contributed by atoms with Gasteiger partial charge in [0, 0.05) is 17.3 Å². The van der Waals surface area contributed by atoms with Gasteiger partial charge in [0.15, 0.2) is 0 Å². The van der Waals surface area contributed by atoms with E-state index < -0.39 is 29.2 Å². The van der Waals surface area contributed by atoms with Crippen LogP contribution in [0.3, 0.4) is 0 Å². The van der Waals surface area contributed by atoms with E-state index in [2.05, 4.69) is 20.4 Å². The molecule has 0 bridgehead atoms. The standard InChI is InChI=1S/C17H17F4N5O/c1-9-6-13(26-15(24-9)22-8-23-26)25-14(16(2,3)27)11-5-4-10(7-12(11)18)17(19,20)21/h4-8,14,25,27H,1-3H3. The summed E-state index contributed by atoms with van der Waals surface area (Å²) in [5.41, 5.74) is -2.12. The predicted molar refractivity (Wildman–Crippen MR) is 89.6 cm³/mol. The molecule has 1 aromatic carbocycles. The maximum absolute atomic E-state index is 14.5. The van der Waals surface area contributed by atoms with Gasteiger partial charge in [-0.05, 0) is 32.9 Å². The number of fused-ring (bicyclic) bond motifs is 1. The van der Waals surface area contributed by atoms with Crippen LogP contribution >= 0.6 is 0 Å². The molecule has 0 amide bonds. The molecular weight excluding hydrogens is 366 g/mol. The number of anilines is 1. The van der Waals surface area contributed by atoms with Crippen LogP contribution in [-0.2, 0) is 6.18 Å². The van der Waals surface area contributed by atoms with E-state index in [1.54, 1.807) is 13.0 Å². The number of nitrogens with one attached hydrogen (secondary N) is 1. The Morgan fingerprint density at radius 3 is 2.48 bits per heavy atom. The highest BCUT2D eigenvalue weighted by Crippen LogP contribution is 2.35. The fourth-order valence-electron chi connectivity index (χ4n) is 2.75. The van der Waals surface area contributed by atoms with Gasteiger partial charge in [-0.15, -0.1) is 0 Å². The van der Waals surface area contributed by atoms with E-state index in [1.165, 1.54) is 24.7 Å². The number of alkyl halides is 3. The van der Waals surface area contributed by atoms with Crippen LogP contribution in [0.1, 0.15) is 36.7 Å². The Kier molecular flexibility index (Phi) is 4.54. The van der Waals surface area contributed by atoms with E-state index in [0.717, 1.165) is 12.1 Å². The van der Waals surface area contributed by atoms with Gasteiger partial charge in [0.05, 0.1) is 17.2 Å². The molecule has 0 saturated heterocycles. The van der Waals surface area contributed by atoms with Crippen molar-refractivity contribution in [1.29, 1.82) is 0 Å². The summed E-state index contributed by atoms with van der Waals surface area (Å²) in [5, 5.41) is 17.5. The lowest BCUT2D eigenvalue weighted by atomic mass is 9.90. The first kappa shape index (κ1) is 19.0. The van der Waals surface area contributed by atoms with E-state index in [1.807, 2.05) is 0 Å². The summed E-state index contributed by atoms with van der Waals surface area (Å²) in [7, 11) is 0. The van der Waals surface area contributed by atoms with Gasteiger partial charge in [0.25, 0.3) is 5.78 Å². The van der Waals surface area contributed by atoms with Crippen LogP contribution in [0.2, 0.25) is 0 Å². The lowest BCUT2D eigenvalue weighted by Gasteiger charge is -2.32. The Hall–Kier alpha value is -2.75. The Balaban J connectivity index is 2.07. The molecule has 0 aliphatic heterocycles. The van der Waals surface area contributed by atoms with Gasteiger partial charge in [-0.25, -0.2) is 9.37 Å². The average molecular weight is 383 g/mol. The second kappa shape index (κ2) is 6.45. The number of aryl methyl sites for hydroxylation is 1. The van der Waals surface area contributed by atoms with Crippen LogP contribution in [0.5, 0.6) is 0 Å². The van der Waals surface area contributed by atoms with Crippen molar-refractivity contribution in [3.05, 3.63) is 53.2 Å². The van der Waals surface area contributed by atoms with Crippen LogP contribution in [-0.4, -0.2) is 30.3 Å². The molecule has 2 heterocycles. The van der Waals surface area contributed by atoms with Crippen molar-refractivity contribution in [3.8, 4) is 0 Å². The van der Waals surface area contributed by atoms with Crippen LogP contribution < -0.4 is 5.32 Å². The molecule has 3 rings (SSSR count). The molecule has 0 aliphatic rings. The van der Waals surface area contributed by atoms with Crippen molar-refractivity contribution in [2.75, 3.05) is 5.32 Å². The largest absolute Gasteiger partial charge is 0.416 e. The Morgan fingerprint density at radius 2 is 1.89 bits per heavy atom. The molecule has 27 heavy (non-hydrogen) atoms. The van der Waals surface area contributed by atoms with Crippen LogP contribution in [0.25, 0.3) is 5.78 Å². The minimum atomic E-state index is -4.66. The van der Waals surface area contributed by atoms with Crippen molar-refractivity contribution < 1.29 is 22.7 Å². The van der Waals surface area contributed by atoms with Crippen molar-refractivity contribution in [2.45, 2.75) is 38.6 Å². The third-order valence-corrected chi connectivity index (χ3v) is 4.02. The monoisotopic (exact) mass is 383 g/mol. The van der Waals surface area contributed by atoms with Crippen LogP contribution in [0.4, 0.5) is 23.4 Å². The van der Waals surface area contributed by atoms with Crippen LogP contribution in [0.15, 0.2) is 30.6 Å². The molecule has 0 radical (unpaired) electrons. The topological polar surface area (TPSA) is 75.3 Å². The molecule has 0 fully saturated rings. The molecule has 1 atom stereocenters. The van der Waals surface area contributed by atoms with Crippen molar-refractivity contribution in [2.24, 2.45) is 0 Å². The fourth-order valence-corrected chi connectivity index (χ4v) is 2.75. The summed E-state index contributed by atoms with van der Waals surface area (Å²) < 4.78 is 54.3. The maximum Gasteiger partial charge on any atom is 0.416 e. The average Bonchev–Trinajstić information content (AvgIpc) is 2.99. The highest BCUT2D eigenvalue weighted by atomic mass is 19.4. The predicted octanol–water partition coefficient (Wildman–Crippen LogP) is 3.51. The van der Waals surface area contributed by atoms with Gasteiger partial charge in [-0.3, -0.25) is 0 Å². The Labute approximate surface area is 151 Å². The van der Waals surface area contributed by atoms with Crippen LogP contribution in [0, 0.1) is 12.7 Å². The number of benzene rings is 1. The van der Waals surface area contributed by atoms with E-state index in [0.29, 0.717) is 23.4 Å². The lowest BCUT2D eigenvalue weighted by Crippen LogP contribution is -2.35. The quantitative estimate of drug-likeness (QED) is 0.675. The molecule has 10 heteroatoms. The summed E-state index contributed by atoms with van der Waals surface area (Å²) >= 11 is 0. The minimum absolute atomic E-state index is 0.113. The molecule has 0 saturated carbocycles. The molecule has 144 valence electrons. The number of hydrogen-bond donors (Lipinski definition) is 2. The minimum Gasteiger partial charge on any atom is -0.388 e. The van der Waals surface area contributed by atoms with E-state index >= 15 is 0 Å². The Bertz CT molecular complexity index is 978. The normalized spacial score (nSPS) is 13.8. The van der Waals surface area contributed by atoms with Gasteiger partial charge in [-0.1, -0.05) is 6.07 Å². The number of aromatic nitrogens is 4. The van der Waals surface area contributed by atoms with Gasteiger partial charge < -0.3 is 10.4 Å². The van der Waals surface area contributed by atoms with Crippen molar-refractivity contribution >= 4 is 11.6 Å². The van der Waals surface area contributed by atoms with E-state index in [4.69, 9.17) is 0 Å². The van der Waals surface area contributed by atoms with Gasteiger partial charge in [-0.2, -0.15) is 27.8 Å². The van der Waals surface area contributed by atoms with Gasteiger partial charge in [0.2, 0.25) is 0 Å². The summed E-state index contributed by atoms with van der Waals surface area (Å²) in [6, 6.07) is 2.76. The first-order valence-electron chi connectivity index (χ1n) is 8.00. The van der Waals surface area contributed by atoms with E-state index in [-0.39, 0.29) is 5.56 Å². The second-order valence-corrected chi connectivity index (χ2v) is 6.72. The smallest absolute Gasteiger partial charge is 0.388 e. The van der Waals surface area contributed by atoms with Gasteiger partial charge >= 0.3 is 6.18 Å². The zero-order chi connectivity index (χ0) is 20.0. The number of hydrogen-bond acceptors (Lipinski definition) is 5. The first-order valence-corrected chi connectivity index (χ1v) is 8.00. The summed E-state index contributed by atoms with van der Waals surface area (Å²) in [4.78, 5) is 8.16.